The quantitative estimate of drug-likeness (QED) is 0.511. The number of allylic oxidation sites excluding steroid dienone is 1. The minimum atomic E-state index is 0.818. The zero-order valence-corrected chi connectivity index (χ0v) is 7.56. The van der Waals surface area contributed by atoms with Gasteiger partial charge in [-0.25, -0.2) is 0 Å². The zero-order valence-electron chi connectivity index (χ0n) is 7.56. The Hall–Kier alpha value is -0.260. The van der Waals surface area contributed by atoms with Gasteiger partial charge in [0.05, 0.1) is 0 Å². The maximum atomic E-state index is 3.77. The van der Waals surface area contributed by atoms with Gasteiger partial charge >= 0.3 is 0 Å². The Morgan fingerprint density at radius 1 is 1.40 bits per heavy atom. The third-order valence-electron chi connectivity index (χ3n) is 2.07. The van der Waals surface area contributed by atoms with Crippen molar-refractivity contribution >= 4 is 0 Å². The maximum Gasteiger partial charge on any atom is -0.0322 e. The minimum absolute atomic E-state index is 0.818. The molecule has 0 aliphatic rings. The summed E-state index contributed by atoms with van der Waals surface area (Å²) in [4.78, 5) is 0. The summed E-state index contributed by atoms with van der Waals surface area (Å²) in [5.41, 5.74) is 0. The molecule has 0 N–H and O–H groups in total. The molecule has 0 heteroatoms. The van der Waals surface area contributed by atoms with Crippen LogP contribution in [0.5, 0.6) is 0 Å². The highest BCUT2D eigenvalue weighted by Crippen LogP contribution is 2.20. The van der Waals surface area contributed by atoms with Crippen LogP contribution in [0, 0.1) is 11.8 Å². The van der Waals surface area contributed by atoms with Crippen LogP contribution in [-0.4, -0.2) is 0 Å². The summed E-state index contributed by atoms with van der Waals surface area (Å²) < 4.78 is 0. The molecule has 0 radical (unpaired) electrons. The van der Waals surface area contributed by atoms with E-state index in [0.29, 0.717) is 0 Å². The molecule has 0 nitrogen and oxygen atoms in total. The van der Waals surface area contributed by atoms with Crippen LogP contribution in [-0.2, 0) is 0 Å². The molecule has 0 saturated heterocycles. The van der Waals surface area contributed by atoms with Gasteiger partial charge in [-0.2, -0.15) is 0 Å². The molecule has 0 aliphatic carbocycles. The lowest BCUT2D eigenvalue weighted by atomic mass is 9.89. The van der Waals surface area contributed by atoms with Crippen molar-refractivity contribution in [2.75, 3.05) is 0 Å². The maximum absolute atomic E-state index is 3.77. The molecule has 0 aliphatic heterocycles. The summed E-state index contributed by atoms with van der Waals surface area (Å²) in [5.74, 6) is 1.68. The van der Waals surface area contributed by atoms with Crippen LogP contribution < -0.4 is 0 Å². The van der Waals surface area contributed by atoms with E-state index in [4.69, 9.17) is 0 Å². The summed E-state index contributed by atoms with van der Waals surface area (Å²) >= 11 is 0. The molecule has 0 bridgehead atoms. The van der Waals surface area contributed by atoms with Crippen molar-refractivity contribution in [1.29, 1.82) is 0 Å². The molecule has 0 fully saturated rings. The molecule has 0 aromatic heterocycles. The highest BCUT2D eigenvalue weighted by atomic mass is 14.1. The van der Waals surface area contributed by atoms with Gasteiger partial charge in [0.15, 0.2) is 0 Å². The second kappa shape index (κ2) is 5.52. The lowest BCUT2D eigenvalue weighted by Crippen LogP contribution is -2.06. The smallest absolute Gasteiger partial charge is 0.0322 e. The lowest BCUT2D eigenvalue weighted by molar-refractivity contribution is 0.360. The summed E-state index contributed by atoms with van der Waals surface area (Å²) in [6.07, 6.45) is 5.88. The van der Waals surface area contributed by atoms with Gasteiger partial charge in [0.2, 0.25) is 0 Å². The van der Waals surface area contributed by atoms with Crippen molar-refractivity contribution < 1.29 is 0 Å². The summed E-state index contributed by atoms with van der Waals surface area (Å²) in [5, 5.41) is 0. The SMILES string of the molecule is C=CC[C@@H](CCC)C(C)C. The van der Waals surface area contributed by atoms with Gasteiger partial charge in [-0.05, 0) is 18.3 Å². The van der Waals surface area contributed by atoms with E-state index in [1.165, 1.54) is 19.3 Å². The van der Waals surface area contributed by atoms with Gasteiger partial charge < -0.3 is 0 Å². The van der Waals surface area contributed by atoms with Crippen molar-refractivity contribution in [3.8, 4) is 0 Å². The van der Waals surface area contributed by atoms with E-state index >= 15 is 0 Å². The van der Waals surface area contributed by atoms with E-state index < -0.39 is 0 Å². The molecular weight excluding hydrogens is 120 g/mol. The Kier molecular flexibility index (Phi) is 5.38. The molecule has 0 heterocycles. The largest absolute Gasteiger partial charge is 0.103 e. The second-order valence-corrected chi connectivity index (χ2v) is 3.32. The van der Waals surface area contributed by atoms with Crippen LogP contribution >= 0.6 is 0 Å². The lowest BCUT2D eigenvalue weighted by Gasteiger charge is -2.17. The number of rotatable bonds is 5. The Morgan fingerprint density at radius 2 is 2.00 bits per heavy atom. The first-order chi connectivity index (χ1) is 4.72. The Labute approximate surface area is 65.3 Å². The van der Waals surface area contributed by atoms with E-state index in [1.54, 1.807) is 0 Å². The highest BCUT2D eigenvalue weighted by Gasteiger charge is 2.09. The van der Waals surface area contributed by atoms with Gasteiger partial charge in [-0.1, -0.05) is 39.7 Å². The van der Waals surface area contributed by atoms with Crippen LogP contribution in [0.3, 0.4) is 0 Å². The van der Waals surface area contributed by atoms with Crippen molar-refractivity contribution in [1.82, 2.24) is 0 Å². The predicted molar refractivity (Wildman–Crippen MR) is 48.1 cm³/mol. The van der Waals surface area contributed by atoms with Crippen LogP contribution in [0.15, 0.2) is 12.7 Å². The summed E-state index contributed by atoms with van der Waals surface area (Å²) in [6, 6.07) is 0. The molecule has 0 unspecified atom stereocenters. The van der Waals surface area contributed by atoms with Gasteiger partial charge in [-0.15, -0.1) is 6.58 Å². The molecule has 0 rings (SSSR count). The fraction of sp³-hybridized carbons (Fsp3) is 0.800. The molecule has 1 atom stereocenters. The zero-order chi connectivity index (χ0) is 7.98. The van der Waals surface area contributed by atoms with E-state index in [9.17, 15) is 0 Å². The van der Waals surface area contributed by atoms with Crippen molar-refractivity contribution in [2.45, 2.75) is 40.0 Å². The Bertz CT molecular complexity index is 82.0. The third-order valence-corrected chi connectivity index (χ3v) is 2.07. The van der Waals surface area contributed by atoms with Gasteiger partial charge in [0, 0.05) is 0 Å². The normalized spacial score (nSPS) is 13.6. The molecule has 60 valence electrons. The van der Waals surface area contributed by atoms with Crippen LogP contribution in [0.2, 0.25) is 0 Å². The fourth-order valence-corrected chi connectivity index (χ4v) is 1.31. The summed E-state index contributed by atoms with van der Waals surface area (Å²) in [6.45, 7) is 10.6. The van der Waals surface area contributed by atoms with E-state index in [0.717, 1.165) is 11.8 Å². The van der Waals surface area contributed by atoms with Crippen LogP contribution in [0.1, 0.15) is 40.0 Å². The summed E-state index contributed by atoms with van der Waals surface area (Å²) in [7, 11) is 0. The molecule has 10 heavy (non-hydrogen) atoms. The molecular formula is C10H20. The molecule has 0 saturated carbocycles. The molecule has 0 amide bonds. The van der Waals surface area contributed by atoms with Crippen molar-refractivity contribution in [2.24, 2.45) is 11.8 Å². The van der Waals surface area contributed by atoms with Gasteiger partial charge in [-0.3, -0.25) is 0 Å². The molecule has 0 aromatic carbocycles. The standard InChI is InChI=1S/C10H20/c1-5-7-10(8-6-2)9(3)4/h5,9-10H,1,6-8H2,2-4H3/t10-/m0/s1. The second-order valence-electron chi connectivity index (χ2n) is 3.32. The number of hydrogen-bond donors (Lipinski definition) is 0. The molecule has 0 aromatic rings. The van der Waals surface area contributed by atoms with Crippen molar-refractivity contribution in [3.05, 3.63) is 12.7 Å². The first-order valence-electron chi connectivity index (χ1n) is 4.33. The fourth-order valence-electron chi connectivity index (χ4n) is 1.31. The van der Waals surface area contributed by atoms with Gasteiger partial charge in [0.1, 0.15) is 0 Å². The topological polar surface area (TPSA) is 0 Å². The third kappa shape index (κ3) is 3.71. The van der Waals surface area contributed by atoms with Crippen LogP contribution in [0.4, 0.5) is 0 Å². The molecule has 0 spiro atoms. The van der Waals surface area contributed by atoms with E-state index in [-0.39, 0.29) is 0 Å². The number of hydrogen-bond acceptors (Lipinski definition) is 0. The predicted octanol–water partition coefficient (Wildman–Crippen LogP) is 3.63. The minimum Gasteiger partial charge on any atom is -0.103 e. The van der Waals surface area contributed by atoms with E-state index in [2.05, 4.69) is 27.4 Å². The average Bonchev–Trinajstić information content (AvgIpc) is 1.87. The monoisotopic (exact) mass is 140 g/mol. The first kappa shape index (κ1) is 9.74. The van der Waals surface area contributed by atoms with Crippen molar-refractivity contribution in [3.63, 3.8) is 0 Å². The highest BCUT2D eigenvalue weighted by molar-refractivity contribution is 4.74. The Balaban J connectivity index is 3.60. The first-order valence-corrected chi connectivity index (χ1v) is 4.33. The van der Waals surface area contributed by atoms with Crippen LogP contribution in [0.25, 0.3) is 0 Å². The van der Waals surface area contributed by atoms with Gasteiger partial charge in [0.25, 0.3) is 0 Å². The average molecular weight is 140 g/mol. The Morgan fingerprint density at radius 3 is 2.30 bits per heavy atom. The van der Waals surface area contributed by atoms with E-state index in [1.807, 2.05) is 6.08 Å².